The van der Waals surface area contributed by atoms with E-state index in [4.69, 9.17) is 39.9 Å². The number of aliphatic imine (C=N–C) groups is 2. The van der Waals surface area contributed by atoms with E-state index in [0.717, 1.165) is 21.6 Å². The van der Waals surface area contributed by atoms with E-state index in [0.29, 0.717) is 5.56 Å². The number of benzene rings is 4. The minimum absolute atomic E-state index is 0.0686. The minimum atomic E-state index is -2.35. The Balaban J connectivity index is 0.889. The first-order chi connectivity index (χ1) is 50.8. The van der Waals surface area contributed by atoms with Crippen LogP contribution in [0.4, 0.5) is 0 Å². The van der Waals surface area contributed by atoms with E-state index >= 15 is 9.59 Å². The SMILES string of the molecule is CC(c1ccccc1)C1NC(=O)CNC(=O)C(CO)NC(=O)C(C(O)C2CN=C(N)N2C2OC(CO)C(O)C(O)C2O)NC(=O)C(C(O)C2CN=C(N)N2)NC(=O)C(Cc2ccc(OC3OC(CO)C(OC4OC(CO)C(OCC=C(c5ccccc5)c5ccccc5)C(O)C4O)C(O)C3O)cc2)NC1=O. The molecule has 25 atom stereocenters. The highest BCUT2D eigenvalue weighted by molar-refractivity contribution is 5.98. The Bertz CT molecular complexity index is 3680. The summed E-state index contributed by atoms with van der Waals surface area (Å²) in [5.41, 5.74) is 15.4. The van der Waals surface area contributed by atoms with Gasteiger partial charge in [-0.15, -0.1) is 0 Å². The summed E-state index contributed by atoms with van der Waals surface area (Å²) < 4.78 is 35.4. The van der Waals surface area contributed by atoms with E-state index in [-0.39, 0.29) is 30.4 Å². The Morgan fingerprint density at radius 3 is 1.73 bits per heavy atom. The molecule has 4 aromatic rings. The highest BCUT2D eigenvalue weighted by Crippen LogP contribution is 2.34. The monoisotopic (exact) mass is 1490 g/mol. The Hall–Kier alpha value is -8.94. The first kappa shape index (κ1) is 79.6. The van der Waals surface area contributed by atoms with Crippen molar-refractivity contribution < 1.29 is 124 Å². The number of carbonyl (C=O) groups excluding carboxylic acids is 6. The Morgan fingerprint density at radius 2 is 1.11 bits per heavy atom. The number of rotatable bonds is 22. The first-order valence-corrected chi connectivity index (χ1v) is 34.2. The molecule has 37 heteroatoms. The van der Waals surface area contributed by atoms with Crippen molar-refractivity contribution in [2.45, 2.75) is 166 Å². The number of hydrogen-bond donors (Lipinski definition) is 22. The van der Waals surface area contributed by atoms with Crippen LogP contribution in [0.2, 0.25) is 0 Å². The van der Waals surface area contributed by atoms with Gasteiger partial charge >= 0.3 is 0 Å². The van der Waals surface area contributed by atoms with Crippen LogP contribution in [0.3, 0.4) is 0 Å². The van der Waals surface area contributed by atoms with Gasteiger partial charge in [0, 0.05) is 12.3 Å². The third-order valence-electron chi connectivity index (χ3n) is 19.2. The summed E-state index contributed by atoms with van der Waals surface area (Å²) >= 11 is 0. The van der Waals surface area contributed by atoms with E-state index < -0.39 is 240 Å². The molecule has 24 N–H and O–H groups in total. The van der Waals surface area contributed by atoms with Gasteiger partial charge in [-0.05, 0) is 40.0 Å². The second-order valence-electron chi connectivity index (χ2n) is 26.2. The van der Waals surface area contributed by atoms with Crippen molar-refractivity contribution >= 4 is 52.9 Å². The van der Waals surface area contributed by atoms with Crippen molar-refractivity contribution in [1.29, 1.82) is 0 Å². The topological polar surface area (TPSA) is 585 Å². The van der Waals surface area contributed by atoms with Crippen molar-refractivity contribution in [3.05, 3.63) is 144 Å². The number of amides is 6. The van der Waals surface area contributed by atoms with Crippen molar-refractivity contribution in [3.63, 3.8) is 0 Å². The van der Waals surface area contributed by atoms with Gasteiger partial charge in [0.2, 0.25) is 41.7 Å². The molecule has 4 fully saturated rings. The third-order valence-corrected chi connectivity index (χ3v) is 19.2. The van der Waals surface area contributed by atoms with Crippen LogP contribution < -0.4 is 53.4 Å². The van der Waals surface area contributed by atoms with Gasteiger partial charge in [0.05, 0.1) is 64.8 Å². The fraction of sp³-hybridized carbons (Fsp3) is 0.507. The summed E-state index contributed by atoms with van der Waals surface area (Å²) in [6.45, 7) is -4.01. The quantitative estimate of drug-likeness (QED) is 0.0347. The van der Waals surface area contributed by atoms with Gasteiger partial charge in [0.1, 0.15) is 121 Å². The largest absolute Gasteiger partial charge is 0.462 e. The van der Waals surface area contributed by atoms with Crippen molar-refractivity contribution in [2.75, 3.05) is 52.7 Å². The van der Waals surface area contributed by atoms with Crippen LogP contribution in [0.25, 0.3) is 5.57 Å². The average Bonchev–Trinajstić information content (AvgIpc) is 1.41. The molecule has 0 saturated carbocycles. The van der Waals surface area contributed by atoms with Gasteiger partial charge in [-0.2, -0.15) is 0 Å². The number of ether oxygens (including phenoxy) is 6. The number of nitrogens with two attached hydrogens (primary N) is 2. The molecule has 4 saturated heterocycles. The van der Waals surface area contributed by atoms with Crippen LogP contribution in [0, 0.1) is 0 Å². The summed E-state index contributed by atoms with van der Waals surface area (Å²) in [5.74, 6) is -9.00. The van der Waals surface area contributed by atoms with E-state index in [1.54, 1.807) is 43.3 Å². The first-order valence-electron chi connectivity index (χ1n) is 34.2. The zero-order chi connectivity index (χ0) is 76.2. The zero-order valence-corrected chi connectivity index (χ0v) is 57.1. The Labute approximate surface area is 605 Å². The van der Waals surface area contributed by atoms with Gasteiger partial charge in [-0.3, -0.25) is 38.8 Å². The molecule has 0 spiro atoms. The number of aliphatic hydroxyl groups is 13. The summed E-state index contributed by atoms with van der Waals surface area (Å²) in [6.07, 6.45) is -29.3. The second-order valence-corrected chi connectivity index (χ2v) is 26.2. The van der Waals surface area contributed by atoms with Gasteiger partial charge in [-0.25, -0.2) is 0 Å². The molecule has 6 aliphatic rings. The summed E-state index contributed by atoms with van der Waals surface area (Å²) in [5, 5.41) is 162. The highest BCUT2D eigenvalue weighted by atomic mass is 16.7. The maximum Gasteiger partial charge on any atom is 0.246 e. The zero-order valence-electron chi connectivity index (χ0n) is 57.1. The van der Waals surface area contributed by atoms with Gasteiger partial charge in [0.15, 0.2) is 24.4 Å². The van der Waals surface area contributed by atoms with Crippen molar-refractivity contribution in [1.82, 2.24) is 42.1 Å². The molecule has 0 radical (unpaired) electrons. The number of aliphatic hydroxyl groups excluding tert-OH is 13. The van der Waals surface area contributed by atoms with Gasteiger partial charge in [0.25, 0.3) is 0 Å². The molecular weight excluding hydrogens is 1400 g/mol. The predicted octanol–water partition coefficient (Wildman–Crippen LogP) is -9.45. The maximum absolute atomic E-state index is 15.2. The molecule has 6 heterocycles. The molecule has 4 aromatic carbocycles. The van der Waals surface area contributed by atoms with Crippen LogP contribution in [-0.2, 0) is 58.9 Å². The molecule has 10 rings (SSSR count). The summed E-state index contributed by atoms with van der Waals surface area (Å²) in [4.78, 5) is 96.7. The fourth-order valence-corrected chi connectivity index (χ4v) is 13.3. The van der Waals surface area contributed by atoms with Crippen LogP contribution in [0.5, 0.6) is 5.75 Å². The predicted molar refractivity (Wildman–Crippen MR) is 367 cm³/mol. The second kappa shape index (κ2) is 36.1. The lowest BCUT2D eigenvalue weighted by Gasteiger charge is -2.46. The van der Waals surface area contributed by atoms with E-state index in [2.05, 4.69) is 47.2 Å². The Morgan fingerprint density at radius 1 is 0.557 bits per heavy atom. The molecular formula is C69H90N12O25. The smallest absolute Gasteiger partial charge is 0.246 e. The molecule has 6 amide bonds. The molecule has 37 nitrogen and oxygen atoms in total. The number of guanidine groups is 2. The molecule has 0 aromatic heterocycles. The maximum atomic E-state index is 15.2. The lowest BCUT2D eigenvalue weighted by Crippen LogP contribution is -2.70. The van der Waals surface area contributed by atoms with Crippen LogP contribution in [0.1, 0.15) is 35.1 Å². The van der Waals surface area contributed by atoms with Crippen molar-refractivity contribution in [3.8, 4) is 5.75 Å². The molecule has 6 aliphatic heterocycles. The van der Waals surface area contributed by atoms with Crippen LogP contribution >= 0.6 is 0 Å². The lowest BCUT2D eigenvalue weighted by molar-refractivity contribution is -0.354. The molecule has 0 bridgehead atoms. The third kappa shape index (κ3) is 18.4. The normalized spacial score (nSPS) is 33.8. The van der Waals surface area contributed by atoms with E-state index in [9.17, 15) is 85.6 Å². The lowest BCUT2D eigenvalue weighted by atomic mass is 9.92. The van der Waals surface area contributed by atoms with Crippen LogP contribution in [-0.4, -0.2) is 318 Å². The van der Waals surface area contributed by atoms with E-state index in [1.807, 2.05) is 60.7 Å². The average molecular weight is 1490 g/mol. The summed E-state index contributed by atoms with van der Waals surface area (Å²) in [7, 11) is 0. The van der Waals surface area contributed by atoms with Crippen LogP contribution in [0.15, 0.2) is 131 Å². The summed E-state index contributed by atoms with van der Waals surface area (Å²) in [6, 6.07) is 19.7. The minimum Gasteiger partial charge on any atom is -0.462 e. The Kier molecular flexibility index (Phi) is 27.1. The number of nitrogens with zero attached hydrogens (tertiary/aromatic N) is 3. The number of hydrogen-bond acceptors (Lipinski definition) is 31. The number of carbonyl (C=O) groups is 6. The standard InChI is InChI=1S/C69H90N12O25/c1-31(33-11-5-2-6-12-33)46-62(98)75-38(23-32-17-19-36(20-18-32)102-66-57(95)54(92)59(44(30-85)105-66)106-67-56(94)53(91)58(43(29-84)104-67)101-22-21-37(34-13-7-3-8-14-34)35-15-9-4-10-16-35)61(97)79-47(49(87)39-24-73-68(70)77-39)64(100)80-48(63(99)76-40(27-82)60(96)72-26-45(86)78-46)50(88)41-25-74-69(71)81(41)65-55(93)52(90)51(89)42(28-83)103-65/h2-21,31,38-44,46-59,65-67,82-85,87-95H,22-30H2,1H3,(H2,71,74)(H,72,96)(H,75,98)(H,76,99)(H,78,86)(H,79,97)(H,80,100)(H3,70,73,77). The van der Waals surface area contributed by atoms with Gasteiger partial charge < -0.3 is 148 Å². The fourth-order valence-electron chi connectivity index (χ4n) is 13.3. The molecule has 0 aliphatic carbocycles. The van der Waals surface area contributed by atoms with E-state index in [1.165, 1.54) is 24.3 Å². The highest BCUT2D eigenvalue weighted by Gasteiger charge is 2.54. The van der Waals surface area contributed by atoms with Crippen molar-refractivity contribution in [2.24, 2.45) is 21.5 Å². The number of nitrogens with one attached hydrogen (secondary N) is 7. The molecule has 106 heavy (non-hydrogen) atoms. The molecule has 576 valence electrons. The molecule has 25 unspecified atom stereocenters. The van der Waals surface area contributed by atoms with Gasteiger partial charge in [-0.1, -0.05) is 116 Å².